The van der Waals surface area contributed by atoms with Crippen LogP contribution in [0.25, 0.3) is 11.0 Å². The van der Waals surface area contributed by atoms with Crippen LogP contribution in [0.1, 0.15) is 18.9 Å². The molecule has 0 amide bonds. The Kier molecular flexibility index (Phi) is 5.00. The molecule has 0 saturated heterocycles. The van der Waals surface area contributed by atoms with Crippen LogP contribution in [0, 0.1) is 5.92 Å². The molecular weight excluding hydrogens is 236 g/mol. The molecule has 2 aromatic rings. The number of para-hydroxylation sites is 1. The van der Waals surface area contributed by atoms with E-state index in [1.165, 1.54) is 10.9 Å². The lowest BCUT2D eigenvalue weighted by molar-refractivity contribution is 0.277. The highest BCUT2D eigenvalue weighted by atomic mass is 16.3. The SMILES string of the molecule is CCC(CN)CN(C)CCc1coc2ccccc12. The minimum Gasteiger partial charge on any atom is -0.464 e. The van der Waals surface area contributed by atoms with Crippen molar-refractivity contribution in [3.05, 3.63) is 36.1 Å². The van der Waals surface area contributed by atoms with Gasteiger partial charge in [0.15, 0.2) is 0 Å². The van der Waals surface area contributed by atoms with E-state index in [1.54, 1.807) is 0 Å². The second-order valence-electron chi connectivity index (χ2n) is 5.28. The van der Waals surface area contributed by atoms with Gasteiger partial charge in [0.25, 0.3) is 0 Å². The van der Waals surface area contributed by atoms with E-state index in [0.717, 1.165) is 38.1 Å². The van der Waals surface area contributed by atoms with E-state index in [9.17, 15) is 0 Å². The van der Waals surface area contributed by atoms with Crippen molar-refractivity contribution in [2.24, 2.45) is 11.7 Å². The average molecular weight is 260 g/mol. The average Bonchev–Trinajstić information content (AvgIpc) is 2.86. The van der Waals surface area contributed by atoms with Crippen LogP contribution in [0.5, 0.6) is 0 Å². The first-order valence-electron chi connectivity index (χ1n) is 7.08. The van der Waals surface area contributed by atoms with E-state index in [2.05, 4.69) is 31.0 Å². The Labute approximate surface area is 115 Å². The summed E-state index contributed by atoms with van der Waals surface area (Å²) in [7, 11) is 2.17. The Bertz CT molecular complexity index is 502. The minimum absolute atomic E-state index is 0.603. The zero-order valence-corrected chi connectivity index (χ0v) is 11.9. The summed E-state index contributed by atoms with van der Waals surface area (Å²) < 4.78 is 5.57. The third-order valence-electron chi connectivity index (χ3n) is 3.80. The van der Waals surface area contributed by atoms with E-state index in [0.29, 0.717) is 5.92 Å². The molecule has 0 saturated carbocycles. The second kappa shape index (κ2) is 6.73. The molecule has 0 aliphatic carbocycles. The number of furan rings is 1. The summed E-state index contributed by atoms with van der Waals surface area (Å²) in [6.07, 6.45) is 4.06. The van der Waals surface area contributed by atoms with Gasteiger partial charge >= 0.3 is 0 Å². The minimum atomic E-state index is 0.603. The van der Waals surface area contributed by atoms with Gasteiger partial charge in [0.1, 0.15) is 5.58 Å². The van der Waals surface area contributed by atoms with Gasteiger partial charge in [-0.2, -0.15) is 0 Å². The molecule has 0 aliphatic rings. The molecule has 1 heterocycles. The maximum Gasteiger partial charge on any atom is 0.134 e. The quantitative estimate of drug-likeness (QED) is 0.832. The van der Waals surface area contributed by atoms with Gasteiger partial charge in [-0.05, 0) is 37.6 Å². The first kappa shape index (κ1) is 14.1. The fourth-order valence-electron chi connectivity index (χ4n) is 2.44. The first-order chi connectivity index (χ1) is 9.24. The molecule has 2 rings (SSSR count). The van der Waals surface area contributed by atoms with E-state index >= 15 is 0 Å². The lowest BCUT2D eigenvalue weighted by Gasteiger charge is -2.21. The van der Waals surface area contributed by atoms with Gasteiger partial charge in [0.2, 0.25) is 0 Å². The molecule has 0 spiro atoms. The molecule has 1 atom stereocenters. The molecule has 2 N–H and O–H groups in total. The Morgan fingerprint density at radius 3 is 2.84 bits per heavy atom. The molecule has 0 bridgehead atoms. The van der Waals surface area contributed by atoms with Gasteiger partial charge in [-0.15, -0.1) is 0 Å². The number of likely N-dealkylation sites (N-methyl/N-ethyl adjacent to an activating group) is 1. The summed E-state index contributed by atoms with van der Waals surface area (Å²) in [6, 6.07) is 8.22. The lowest BCUT2D eigenvalue weighted by atomic mass is 10.1. The molecule has 1 unspecified atom stereocenters. The summed E-state index contributed by atoms with van der Waals surface area (Å²) in [5, 5.41) is 1.24. The van der Waals surface area contributed by atoms with Crippen molar-refractivity contribution in [2.45, 2.75) is 19.8 Å². The Morgan fingerprint density at radius 1 is 1.32 bits per heavy atom. The number of nitrogens with zero attached hydrogens (tertiary/aromatic N) is 1. The van der Waals surface area contributed by atoms with Gasteiger partial charge < -0.3 is 15.1 Å². The van der Waals surface area contributed by atoms with Gasteiger partial charge in [-0.1, -0.05) is 31.5 Å². The summed E-state index contributed by atoms with van der Waals surface area (Å²) >= 11 is 0. The molecule has 19 heavy (non-hydrogen) atoms. The fraction of sp³-hybridized carbons (Fsp3) is 0.500. The van der Waals surface area contributed by atoms with Gasteiger partial charge in [-0.25, -0.2) is 0 Å². The van der Waals surface area contributed by atoms with Crippen molar-refractivity contribution in [2.75, 3.05) is 26.7 Å². The van der Waals surface area contributed by atoms with Crippen LogP contribution >= 0.6 is 0 Å². The maximum atomic E-state index is 5.76. The summed E-state index contributed by atoms with van der Waals surface area (Å²) in [5.74, 6) is 0.603. The number of rotatable bonds is 7. The normalized spacial score (nSPS) is 13.3. The number of hydrogen-bond acceptors (Lipinski definition) is 3. The third-order valence-corrected chi connectivity index (χ3v) is 3.80. The molecule has 104 valence electrons. The number of benzene rings is 1. The molecule has 1 aromatic carbocycles. The van der Waals surface area contributed by atoms with E-state index in [4.69, 9.17) is 10.2 Å². The zero-order valence-electron chi connectivity index (χ0n) is 11.9. The third kappa shape index (κ3) is 3.58. The standard InChI is InChI=1S/C16H24N2O/c1-3-13(10-17)11-18(2)9-8-14-12-19-16-7-5-4-6-15(14)16/h4-7,12-13H,3,8-11,17H2,1-2H3. The Hall–Kier alpha value is -1.32. The summed E-state index contributed by atoms with van der Waals surface area (Å²) in [6.45, 7) is 5.09. The molecule has 3 nitrogen and oxygen atoms in total. The Balaban J connectivity index is 1.91. The largest absolute Gasteiger partial charge is 0.464 e. The highest BCUT2D eigenvalue weighted by Crippen LogP contribution is 2.21. The van der Waals surface area contributed by atoms with Crippen molar-refractivity contribution in [1.82, 2.24) is 4.90 Å². The van der Waals surface area contributed by atoms with E-state index in [1.807, 2.05) is 18.4 Å². The predicted octanol–water partition coefficient (Wildman–Crippen LogP) is 2.89. The van der Waals surface area contributed by atoms with Gasteiger partial charge in [-0.3, -0.25) is 0 Å². The molecule has 3 heteroatoms. The van der Waals surface area contributed by atoms with E-state index in [-0.39, 0.29) is 0 Å². The molecule has 0 fully saturated rings. The van der Waals surface area contributed by atoms with Crippen molar-refractivity contribution in [3.8, 4) is 0 Å². The number of hydrogen-bond donors (Lipinski definition) is 1. The van der Waals surface area contributed by atoms with Crippen LogP contribution in [0.4, 0.5) is 0 Å². The maximum absolute atomic E-state index is 5.76. The van der Waals surface area contributed by atoms with Crippen LogP contribution < -0.4 is 5.73 Å². The summed E-state index contributed by atoms with van der Waals surface area (Å²) in [4.78, 5) is 2.36. The molecule has 0 radical (unpaired) electrons. The van der Waals surface area contributed by atoms with Crippen molar-refractivity contribution in [1.29, 1.82) is 0 Å². The fourth-order valence-corrected chi connectivity index (χ4v) is 2.44. The smallest absolute Gasteiger partial charge is 0.134 e. The lowest BCUT2D eigenvalue weighted by Crippen LogP contribution is -2.31. The predicted molar refractivity (Wildman–Crippen MR) is 80.3 cm³/mol. The van der Waals surface area contributed by atoms with Gasteiger partial charge in [0.05, 0.1) is 6.26 Å². The molecule has 0 aliphatic heterocycles. The van der Waals surface area contributed by atoms with Crippen molar-refractivity contribution < 1.29 is 4.42 Å². The van der Waals surface area contributed by atoms with Gasteiger partial charge in [0, 0.05) is 18.5 Å². The van der Waals surface area contributed by atoms with E-state index < -0.39 is 0 Å². The summed E-state index contributed by atoms with van der Waals surface area (Å²) in [5.41, 5.74) is 8.03. The van der Waals surface area contributed by atoms with Crippen LogP contribution in [0.15, 0.2) is 34.9 Å². The van der Waals surface area contributed by atoms with Crippen LogP contribution in [0.2, 0.25) is 0 Å². The number of nitrogens with two attached hydrogens (primary N) is 1. The molecule has 1 aromatic heterocycles. The Morgan fingerprint density at radius 2 is 2.11 bits per heavy atom. The van der Waals surface area contributed by atoms with Crippen LogP contribution in [0.3, 0.4) is 0 Å². The zero-order chi connectivity index (χ0) is 13.7. The highest BCUT2D eigenvalue weighted by molar-refractivity contribution is 5.80. The highest BCUT2D eigenvalue weighted by Gasteiger charge is 2.10. The topological polar surface area (TPSA) is 42.4 Å². The van der Waals surface area contributed by atoms with Crippen molar-refractivity contribution in [3.63, 3.8) is 0 Å². The first-order valence-corrected chi connectivity index (χ1v) is 7.08. The van der Waals surface area contributed by atoms with Crippen molar-refractivity contribution >= 4 is 11.0 Å². The van der Waals surface area contributed by atoms with Crippen LogP contribution in [-0.2, 0) is 6.42 Å². The van der Waals surface area contributed by atoms with Crippen LogP contribution in [-0.4, -0.2) is 31.6 Å². The second-order valence-corrected chi connectivity index (χ2v) is 5.28. The monoisotopic (exact) mass is 260 g/mol. The number of fused-ring (bicyclic) bond motifs is 1. The molecular formula is C16H24N2O.